The number of fused-ring (bicyclic) bond motifs is 1. The molecule has 0 bridgehead atoms. The maximum absolute atomic E-state index is 12.8. The molecule has 2 aromatic rings. The molecular weight excluding hydrogens is 250 g/mol. The van der Waals surface area contributed by atoms with Crippen LogP contribution in [0.5, 0.6) is 0 Å². The van der Waals surface area contributed by atoms with Gasteiger partial charge in [0.25, 0.3) is 5.91 Å². The van der Waals surface area contributed by atoms with E-state index < -0.39 is 0 Å². The van der Waals surface area contributed by atoms with Crippen LogP contribution in [-0.2, 0) is 0 Å². The molecular formula is C16H21N3O. The lowest BCUT2D eigenvalue weighted by Crippen LogP contribution is -2.38. The number of aromatic nitrogens is 1. The van der Waals surface area contributed by atoms with Gasteiger partial charge >= 0.3 is 0 Å². The highest BCUT2D eigenvalue weighted by Crippen LogP contribution is 2.31. The van der Waals surface area contributed by atoms with E-state index in [-0.39, 0.29) is 11.9 Å². The summed E-state index contributed by atoms with van der Waals surface area (Å²) in [5.74, 6) is 0.810. The van der Waals surface area contributed by atoms with Crippen molar-refractivity contribution in [2.24, 2.45) is 5.92 Å². The van der Waals surface area contributed by atoms with Crippen molar-refractivity contribution in [2.75, 3.05) is 12.3 Å². The molecule has 4 nitrogen and oxygen atoms in total. The molecule has 1 heterocycles. The van der Waals surface area contributed by atoms with Crippen molar-refractivity contribution in [3.8, 4) is 0 Å². The van der Waals surface area contributed by atoms with E-state index in [1.54, 1.807) is 6.20 Å². The number of anilines is 1. The molecule has 1 aromatic heterocycles. The second-order valence-electron chi connectivity index (χ2n) is 6.00. The quantitative estimate of drug-likeness (QED) is 0.840. The van der Waals surface area contributed by atoms with Crippen LogP contribution in [0.3, 0.4) is 0 Å². The van der Waals surface area contributed by atoms with Crippen molar-refractivity contribution in [2.45, 2.75) is 32.7 Å². The van der Waals surface area contributed by atoms with E-state index in [0.29, 0.717) is 11.6 Å². The summed E-state index contributed by atoms with van der Waals surface area (Å²) >= 11 is 0. The van der Waals surface area contributed by atoms with Gasteiger partial charge in [0.2, 0.25) is 0 Å². The zero-order valence-corrected chi connectivity index (χ0v) is 12.0. The van der Waals surface area contributed by atoms with Crippen LogP contribution in [0.25, 0.3) is 10.9 Å². The van der Waals surface area contributed by atoms with Gasteiger partial charge in [0.15, 0.2) is 0 Å². The van der Waals surface area contributed by atoms with Crippen molar-refractivity contribution in [1.82, 2.24) is 9.88 Å². The topological polar surface area (TPSA) is 62.1 Å². The van der Waals surface area contributed by atoms with E-state index in [2.05, 4.69) is 18.8 Å². The minimum Gasteiger partial charge on any atom is -0.399 e. The van der Waals surface area contributed by atoms with E-state index in [0.717, 1.165) is 23.0 Å². The Morgan fingerprint density at radius 3 is 2.85 bits per heavy atom. The zero-order valence-electron chi connectivity index (χ0n) is 12.0. The molecule has 106 valence electrons. The minimum atomic E-state index is 0.114. The van der Waals surface area contributed by atoms with E-state index in [9.17, 15) is 4.79 Å². The molecule has 3 N–H and O–H groups in total. The maximum Gasteiger partial charge on any atom is 0.256 e. The van der Waals surface area contributed by atoms with Gasteiger partial charge < -0.3 is 15.6 Å². The normalized spacial score (nSPS) is 14.9. The number of nitrogens with zero attached hydrogens (tertiary/aromatic N) is 1. The summed E-state index contributed by atoms with van der Waals surface area (Å²) in [4.78, 5) is 17.9. The lowest BCUT2D eigenvalue weighted by Gasteiger charge is -2.26. The predicted octanol–water partition coefficient (Wildman–Crippen LogP) is 3.01. The standard InChI is InChI=1S/C16H21N3O/c1-10(2)19(9-11-3-4-11)16(20)14-8-18-15-7-12(17)5-6-13(14)15/h5-8,10-11,18H,3-4,9,17H2,1-2H3. The van der Waals surface area contributed by atoms with Crippen LogP contribution in [0.15, 0.2) is 24.4 Å². The van der Waals surface area contributed by atoms with Crippen LogP contribution < -0.4 is 5.73 Å². The molecule has 1 saturated carbocycles. The van der Waals surface area contributed by atoms with E-state index in [1.807, 2.05) is 23.1 Å². The fourth-order valence-electron chi connectivity index (χ4n) is 2.58. The van der Waals surface area contributed by atoms with Crippen LogP contribution in [0.2, 0.25) is 0 Å². The van der Waals surface area contributed by atoms with Gasteiger partial charge in [-0.15, -0.1) is 0 Å². The number of nitrogens with two attached hydrogens (primary N) is 1. The second-order valence-corrected chi connectivity index (χ2v) is 6.00. The Labute approximate surface area is 118 Å². The molecule has 4 heteroatoms. The number of aromatic amines is 1. The summed E-state index contributed by atoms with van der Waals surface area (Å²) in [6.45, 7) is 5.03. The van der Waals surface area contributed by atoms with Crippen LogP contribution in [0, 0.1) is 5.92 Å². The first-order chi connectivity index (χ1) is 9.56. The summed E-state index contributed by atoms with van der Waals surface area (Å²) in [7, 11) is 0. The fourth-order valence-corrected chi connectivity index (χ4v) is 2.58. The number of nitrogens with one attached hydrogen (secondary N) is 1. The molecule has 1 fully saturated rings. The Kier molecular flexibility index (Phi) is 3.16. The highest BCUT2D eigenvalue weighted by atomic mass is 16.2. The van der Waals surface area contributed by atoms with Gasteiger partial charge in [0.1, 0.15) is 0 Å². The molecule has 0 radical (unpaired) electrons. The average Bonchev–Trinajstić information content (AvgIpc) is 3.13. The molecule has 0 aliphatic heterocycles. The minimum absolute atomic E-state index is 0.114. The van der Waals surface area contributed by atoms with Crippen LogP contribution in [0.1, 0.15) is 37.0 Å². The van der Waals surface area contributed by atoms with Gasteiger partial charge in [-0.25, -0.2) is 0 Å². The monoisotopic (exact) mass is 271 g/mol. The highest BCUT2D eigenvalue weighted by Gasteiger charge is 2.29. The second kappa shape index (κ2) is 4.85. The number of H-pyrrole nitrogens is 1. The first-order valence-electron chi connectivity index (χ1n) is 7.24. The molecule has 1 amide bonds. The molecule has 1 aromatic carbocycles. The van der Waals surface area contributed by atoms with Gasteiger partial charge in [0, 0.05) is 35.4 Å². The largest absolute Gasteiger partial charge is 0.399 e. The van der Waals surface area contributed by atoms with Gasteiger partial charge in [-0.2, -0.15) is 0 Å². The number of amides is 1. The molecule has 20 heavy (non-hydrogen) atoms. The molecule has 0 atom stereocenters. The Bertz CT molecular complexity index is 640. The molecule has 0 unspecified atom stereocenters. The average molecular weight is 271 g/mol. The molecule has 3 rings (SSSR count). The molecule has 1 aliphatic carbocycles. The summed E-state index contributed by atoms with van der Waals surface area (Å²) in [6, 6.07) is 5.85. The Morgan fingerprint density at radius 2 is 2.20 bits per heavy atom. The number of hydrogen-bond acceptors (Lipinski definition) is 2. The lowest BCUT2D eigenvalue weighted by atomic mass is 10.1. The van der Waals surface area contributed by atoms with Crippen molar-refractivity contribution in [3.05, 3.63) is 30.0 Å². The maximum atomic E-state index is 12.8. The SMILES string of the molecule is CC(C)N(CC1CC1)C(=O)c1c[nH]c2cc(N)ccc12. The van der Waals surface area contributed by atoms with Crippen LogP contribution in [0.4, 0.5) is 5.69 Å². The van der Waals surface area contributed by atoms with Crippen molar-refractivity contribution in [3.63, 3.8) is 0 Å². The smallest absolute Gasteiger partial charge is 0.256 e. The first kappa shape index (κ1) is 13.0. The molecule has 1 aliphatic rings. The third-order valence-corrected chi connectivity index (χ3v) is 3.97. The molecule has 0 spiro atoms. The van der Waals surface area contributed by atoms with E-state index >= 15 is 0 Å². The van der Waals surface area contributed by atoms with E-state index in [4.69, 9.17) is 5.73 Å². The summed E-state index contributed by atoms with van der Waals surface area (Å²) in [6.07, 6.45) is 4.30. The fraction of sp³-hybridized carbons (Fsp3) is 0.438. The number of hydrogen-bond donors (Lipinski definition) is 2. The summed E-state index contributed by atoms with van der Waals surface area (Å²) < 4.78 is 0. The van der Waals surface area contributed by atoms with E-state index in [1.165, 1.54) is 12.8 Å². The third-order valence-electron chi connectivity index (χ3n) is 3.97. The lowest BCUT2D eigenvalue weighted by molar-refractivity contribution is 0.0698. The number of carbonyl (C=O) groups excluding carboxylic acids is 1. The van der Waals surface area contributed by atoms with Crippen molar-refractivity contribution < 1.29 is 4.79 Å². The highest BCUT2D eigenvalue weighted by molar-refractivity contribution is 6.07. The van der Waals surface area contributed by atoms with Crippen LogP contribution >= 0.6 is 0 Å². The number of rotatable bonds is 4. The first-order valence-corrected chi connectivity index (χ1v) is 7.24. The summed E-state index contributed by atoms with van der Waals surface area (Å²) in [5.41, 5.74) is 8.15. The Hall–Kier alpha value is -1.97. The summed E-state index contributed by atoms with van der Waals surface area (Å²) in [5, 5.41) is 0.950. The van der Waals surface area contributed by atoms with Crippen LogP contribution in [-0.4, -0.2) is 28.4 Å². The number of carbonyl (C=O) groups is 1. The van der Waals surface area contributed by atoms with Gasteiger partial charge in [0.05, 0.1) is 5.56 Å². The zero-order chi connectivity index (χ0) is 14.3. The van der Waals surface area contributed by atoms with Gasteiger partial charge in [-0.1, -0.05) is 0 Å². The van der Waals surface area contributed by atoms with Crippen molar-refractivity contribution in [1.29, 1.82) is 0 Å². The molecule has 0 saturated heterocycles. The van der Waals surface area contributed by atoms with Crippen molar-refractivity contribution >= 4 is 22.5 Å². The Balaban J connectivity index is 1.93. The van der Waals surface area contributed by atoms with Gasteiger partial charge in [-0.3, -0.25) is 4.79 Å². The number of nitrogen functional groups attached to an aromatic ring is 1. The van der Waals surface area contributed by atoms with Gasteiger partial charge in [-0.05, 0) is 50.8 Å². The predicted molar refractivity (Wildman–Crippen MR) is 81.6 cm³/mol. The number of benzene rings is 1. The Morgan fingerprint density at radius 1 is 1.45 bits per heavy atom. The third kappa shape index (κ3) is 2.38.